The van der Waals surface area contributed by atoms with Crippen LogP contribution in [-0.2, 0) is 4.79 Å². The highest BCUT2D eigenvalue weighted by Crippen LogP contribution is 2.13. The molecular formula is C10H16IN3O2. The van der Waals surface area contributed by atoms with Crippen LogP contribution in [0.15, 0.2) is 12.4 Å². The minimum atomic E-state index is -0.855. The number of carbonyl (C=O) groups is 1. The molecule has 0 spiro atoms. The van der Waals surface area contributed by atoms with E-state index in [1.54, 1.807) is 10.9 Å². The van der Waals surface area contributed by atoms with Crippen LogP contribution in [0.1, 0.15) is 26.8 Å². The van der Waals surface area contributed by atoms with Gasteiger partial charge in [0.05, 0.1) is 15.8 Å². The van der Waals surface area contributed by atoms with E-state index in [9.17, 15) is 4.79 Å². The van der Waals surface area contributed by atoms with Gasteiger partial charge in [-0.05, 0) is 29.5 Å². The molecule has 5 nitrogen and oxygen atoms in total. The molecule has 0 aliphatic rings. The average molecular weight is 337 g/mol. The summed E-state index contributed by atoms with van der Waals surface area (Å²) in [5.41, 5.74) is 0. The lowest BCUT2D eigenvalue weighted by Crippen LogP contribution is -2.46. The monoisotopic (exact) mass is 337 g/mol. The number of aliphatic carboxylic acids is 1. The zero-order chi connectivity index (χ0) is 12.3. The maximum Gasteiger partial charge on any atom is 0.322 e. The predicted octanol–water partition coefficient (Wildman–Crippen LogP) is 1.50. The molecule has 0 bridgehead atoms. The summed E-state index contributed by atoms with van der Waals surface area (Å²) < 4.78 is 2.67. The van der Waals surface area contributed by atoms with E-state index in [1.807, 2.05) is 27.0 Å². The molecule has 6 heteroatoms. The van der Waals surface area contributed by atoms with Gasteiger partial charge < -0.3 is 10.4 Å². The quantitative estimate of drug-likeness (QED) is 0.799. The highest BCUT2D eigenvalue weighted by Gasteiger charge is 2.26. The third kappa shape index (κ3) is 3.44. The van der Waals surface area contributed by atoms with Gasteiger partial charge in [0.1, 0.15) is 6.04 Å². The number of carboxylic acid groups (broad SMARTS) is 1. The Hall–Kier alpha value is -0.630. The zero-order valence-electron chi connectivity index (χ0n) is 9.51. The first-order valence-corrected chi connectivity index (χ1v) is 6.18. The fourth-order valence-electron chi connectivity index (χ4n) is 1.47. The van der Waals surface area contributed by atoms with Gasteiger partial charge in [-0.25, -0.2) is 0 Å². The van der Waals surface area contributed by atoms with Crippen molar-refractivity contribution >= 4 is 28.6 Å². The van der Waals surface area contributed by atoms with Crippen molar-refractivity contribution in [3.63, 3.8) is 0 Å². The largest absolute Gasteiger partial charge is 0.480 e. The molecule has 1 rings (SSSR count). The van der Waals surface area contributed by atoms with Crippen LogP contribution >= 0.6 is 22.6 Å². The summed E-state index contributed by atoms with van der Waals surface area (Å²) in [6, 6.07) is -0.725. The fraction of sp³-hybridized carbons (Fsp3) is 0.600. The zero-order valence-corrected chi connectivity index (χ0v) is 11.7. The minimum absolute atomic E-state index is 0.123. The molecule has 1 aromatic heterocycles. The summed E-state index contributed by atoms with van der Waals surface area (Å²) in [6.45, 7) is 5.70. The molecule has 0 aromatic carbocycles. The van der Waals surface area contributed by atoms with Gasteiger partial charge in [0.25, 0.3) is 0 Å². The lowest BCUT2D eigenvalue weighted by Gasteiger charge is -2.23. The van der Waals surface area contributed by atoms with Gasteiger partial charge >= 0.3 is 5.97 Å². The number of nitrogens with one attached hydrogen (secondary N) is 1. The Morgan fingerprint density at radius 1 is 1.56 bits per heavy atom. The van der Waals surface area contributed by atoms with Crippen molar-refractivity contribution in [2.45, 2.75) is 38.9 Å². The minimum Gasteiger partial charge on any atom is -0.480 e. The number of halogens is 1. The predicted molar refractivity (Wildman–Crippen MR) is 69.4 cm³/mol. The van der Waals surface area contributed by atoms with E-state index in [1.165, 1.54) is 0 Å². The molecule has 0 aliphatic heterocycles. The normalized spacial score (nSPS) is 15.1. The van der Waals surface area contributed by atoms with Gasteiger partial charge in [0.15, 0.2) is 0 Å². The van der Waals surface area contributed by atoms with Crippen molar-refractivity contribution in [2.24, 2.45) is 0 Å². The highest BCUT2D eigenvalue weighted by atomic mass is 127. The molecule has 0 saturated carbocycles. The summed E-state index contributed by atoms with van der Waals surface area (Å²) in [5, 5.41) is 16.3. The van der Waals surface area contributed by atoms with Gasteiger partial charge in [-0.2, -0.15) is 5.10 Å². The van der Waals surface area contributed by atoms with E-state index < -0.39 is 12.0 Å². The Balaban J connectivity index is 2.82. The lowest BCUT2D eigenvalue weighted by molar-refractivity contribution is -0.140. The van der Waals surface area contributed by atoms with Gasteiger partial charge in [0, 0.05) is 12.2 Å². The highest BCUT2D eigenvalue weighted by molar-refractivity contribution is 14.1. The van der Waals surface area contributed by atoms with Crippen LogP contribution in [0.25, 0.3) is 0 Å². The van der Waals surface area contributed by atoms with Crippen LogP contribution in [0.3, 0.4) is 0 Å². The van der Waals surface area contributed by atoms with Crippen molar-refractivity contribution in [2.75, 3.05) is 0 Å². The van der Waals surface area contributed by atoms with Crippen LogP contribution in [0.4, 0.5) is 0 Å². The number of rotatable bonds is 5. The molecular weight excluding hydrogens is 321 g/mol. The first-order chi connectivity index (χ1) is 7.41. The molecule has 0 saturated heterocycles. The Bertz CT molecular complexity index is 365. The summed E-state index contributed by atoms with van der Waals surface area (Å²) in [5.74, 6) is -0.855. The molecule has 2 atom stereocenters. The van der Waals surface area contributed by atoms with Crippen LogP contribution in [0, 0.1) is 3.57 Å². The lowest BCUT2D eigenvalue weighted by atomic mass is 10.1. The van der Waals surface area contributed by atoms with E-state index in [0.717, 1.165) is 3.57 Å². The summed E-state index contributed by atoms with van der Waals surface area (Å²) in [7, 11) is 0. The molecule has 1 aromatic rings. The second kappa shape index (κ2) is 5.62. The summed E-state index contributed by atoms with van der Waals surface area (Å²) in [6.07, 6.45) is 3.55. The van der Waals surface area contributed by atoms with Gasteiger partial charge in [-0.3, -0.25) is 9.48 Å². The summed E-state index contributed by atoms with van der Waals surface area (Å²) >= 11 is 2.15. The standard InChI is InChI=1S/C10H16IN3O2/c1-6(2)13-9(10(15)16)7(3)14-5-8(11)4-12-14/h4-7,9,13H,1-3H3,(H,15,16). The van der Waals surface area contributed by atoms with Crippen molar-refractivity contribution in [3.05, 3.63) is 16.0 Å². The molecule has 2 N–H and O–H groups in total. The second-order valence-corrected chi connectivity index (χ2v) is 5.26. The number of hydrogen-bond donors (Lipinski definition) is 2. The number of aromatic nitrogens is 2. The molecule has 2 unspecified atom stereocenters. The van der Waals surface area contributed by atoms with Crippen LogP contribution < -0.4 is 5.32 Å². The fourth-order valence-corrected chi connectivity index (χ4v) is 1.88. The molecule has 0 amide bonds. The van der Waals surface area contributed by atoms with E-state index >= 15 is 0 Å². The molecule has 16 heavy (non-hydrogen) atoms. The van der Waals surface area contributed by atoms with Gasteiger partial charge in [0.2, 0.25) is 0 Å². The van der Waals surface area contributed by atoms with E-state index in [0.29, 0.717) is 0 Å². The molecule has 1 heterocycles. The number of nitrogens with zero attached hydrogens (tertiary/aromatic N) is 2. The van der Waals surface area contributed by atoms with E-state index in [4.69, 9.17) is 5.11 Å². The maximum atomic E-state index is 11.2. The van der Waals surface area contributed by atoms with Crippen LogP contribution in [0.2, 0.25) is 0 Å². The topological polar surface area (TPSA) is 67.2 Å². The number of hydrogen-bond acceptors (Lipinski definition) is 3. The first kappa shape index (κ1) is 13.4. The van der Waals surface area contributed by atoms with Crippen LogP contribution in [0.5, 0.6) is 0 Å². The Morgan fingerprint density at radius 3 is 2.56 bits per heavy atom. The third-order valence-electron chi connectivity index (χ3n) is 2.25. The third-order valence-corrected chi connectivity index (χ3v) is 2.81. The number of carboxylic acids is 1. The Labute approximate surface area is 108 Å². The van der Waals surface area contributed by atoms with Crippen molar-refractivity contribution in [1.82, 2.24) is 15.1 Å². The van der Waals surface area contributed by atoms with Crippen LogP contribution in [-0.4, -0.2) is 32.9 Å². The van der Waals surface area contributed by atoms with Crippen molar-refractivity contribution in [3.8, 4) is 0 Å². The van der Waals surface area contributed by atoms with Gasteiger partial charge in [-0.1, -0.05) is 13.8 Å². The average Bonchev–Trinajstić information content (AvgIpc) is 2.59. The van der Waals surface area contributed by atoms with Gasteiger partial charge in [-0.15, -0.1) is 0 Å². The maximum absolute atomic E-state index is 11.2. The van der Waals surface area contributed by atoms with E-state index in [2.05, 4.69) is 33.0 Å². The Morgan fingerprint density at radius 2 is 2.19 bits per heavy atom. The van der Waals surface area contributed by atoms with Crippen molar-refractivity contribution in [1.29, 1.82) is 0 Å². The first-order valence-electron chi connectivity index (χ1n) is 5.10. The smallest absolute Gasteiger partial charge is 0.322 e. The second-order valence-electron chi connectivity index (χ2n) is 4.02. The molecule has 0 fully saturated rings. The van der Waals surface area contributed by atoms with E-state index in [-0.39, 0.29) is 12.1 Å². The molecule has 90 valence electrons. The molecule has 0 aliphatic carbocycles. The molecule has 0 radical (unpaired) electrons. The summed E-state index contributed by atoms with van der Waals surface area (Å²) in [4.78, 5) is 11.2. The Kier molecular flexibility index (Phi) is 4.72. The SMILES string of the molecule is CC(C)NC(C(=O)O)C(C)n1cc(I)cn1. The van der Waals surface area contributed by atoms with Crippen molar-refractivity contribution < 1.29 is 9.90 Å².